The molecule has 1 atom stereocenters. The number of ether oxygens (including phenoxy) is 1. The van der Waals surface area contributed by atoms with Gasteiger partial charge >= 0.3 is 0 Å². The molecular weight excluding hydrogens is 270 g/mol. The third kappa shape index (κ3) is 4.34. The molecule has 0 amide bonds. The van der Waals surface area contributed by atoms with Crippen molar-refractivity contribution in [2.45, 2.75) is 13.0 Å². The average molecular weight is 296 g/mol. The second-order valence-corrected chi connectivity index (χ2v) is 4.24. The van der Waals surface area contributed by atoms with Crippen LogP contribution in [-0.2, 0) is 4.74 Å². The van der Waals surface area contributed by atoms with Gasteiger partial charge < -0.3 is 10.1 Å². The van der Waals surface area contributed by atoms with Crippen molar-refractivity contribution < 1.29 is 10.2 Å². The predicted octanol–water partition coefficient (Wildman–Crippen LogP) is 3.74. The van der Waals surface area contributed by atoms with E-state index >= 15 is 0 Å². The lowest BCUT2D eigenvalue weighted by Crippen LogP contribution is -2.17. The summed E-state index contributed by atoms with van der Waals surface area (Å²) in [4.78, 5) is 0. The fourth-order valence-electron chi connectivity index (χ4n) is 1.96. The van der Waals surface area contributed by atoms with Crippen LogP contribution in [0.15, 0.2) is 54.6 Å². The van der Waals surface area contributed by atoms with Crippen LogP contribution in [0, 0.1) is 6.92 Å². The maximum absolute atomic E-state index is 8.04. The Morgan fingerprint density at radius 3 is 2.40 bits per heavy atom. The maximum atomic E-state index is 8.04. The Morgan fingerprint density at radius 1 is 1.10 bits per heavy atom. The van der Waals surface area contributed by atoms with E-state index in [4.69, 9.17) is 10.2 Å². The first-order chi connectivity index (χ1) is 10.8. The normalized spacial score (nSPS) is 16.1. The molecule has 1 N–H and O–H groups in total. The quantitative estimate of drug-likeness (QED) is 0.876. The van der Waals surface area contributed by atoms with E-state index in [1.165, 1.54) is 7.05 Å². The van der Waals surface area contributed by atoms with Crippen molar-refractivity contribution in [2.24, 2.45) is 0 Å². The molecule has 2 nitrogen and oxygen atoms in total. The van der Waals surface area contributed by atoms with Crippen molar-refractivity contribution in [1.82, 2.24) is 5.32 Å². The van der Waals surface area contributed by atoms with Gasteiger partial charge in [0.2, 0.25) is 0 Å². The van der Waals surface area contributed by atoms with Crippen molar-refractivity contribution in [3.05, 3.63) is 71.3 Å². The molecule has 3 heteroatoms. The van der Waals surface area contributed by atoms with Crippen LogP contribution in [0.5, 0.6) is 0 Å². The number of hydrogen-bond donors (Lipinski definition) is 1. The summed E-state index contributed by atoms with van der Waals surface area (Å²) in [5.41, 5.74) is 2.55. The van der Waals surface area contributed by atoms with Crippen LogP contribution in [0.4, 0.5) is 0 Å². The number of aryl methyl sites for hydroxylation is 1. The van der Waals surface area contributed by atoms with Gasteiger partial charge in [-0.3, -0.25) is 0 Å². The van der Waals surface area contributed by atoms with Gasteiger partial charge in [-0.1, -0.05) is 54.6 Å². The van der Waals surface area contributed by atoms with Crippen LogP contribution in [0.25, 0.3) is 0 Å². The first kappa shape index (κ1) is 11.3. The molecule has 0 aliphatic heterocycles. The molecule has 0 saturated carbocycles. The van der Waals surface area contributed by atoms with E-state index < -0.39 is 19.2 Å². The molecule has 0 spiro atoms. The second-order valence-electron chi connectivity index (χ2n) is 4.24. The summed E-state index contributed by atoms with van der Waals surface area (Å²) >= 11 is 0. The number of benzene rings is 2. The third-order valence-corrected chi connectivity index (χ3v) is 2.93. The summed E-state index contributed by atoms with van der Waals surface area (Å²) in [5, 5.41) is 2.34. The monoisotopic (exact) mass is 295 g/mol. The van der Waals surface area contributed by atoms with Crippen LogP contribution < -0.4 is 5.32 Å². The molecule has 0 radical (unpaired) electrons. The molecule has 0 aliphatic rings. The number of nitrogens with one attached hydrogen (secondary N) is 1. The Kier molecular flexibility index (Phi) is 4.95. The highest BCUT2D eigenvalue weighted by atomic mass is 35.5. The molecule has 2 rings (SSSR count). The number of halogens is 1. The summed E-state index contributed by atoms with van der Waals surface area (Å²) in [6, 6.07) is 16.9. The van der Waals surface area contributed by atoms with Crippen LogP contribution in [0.1, 0.15) is 28.3 Å². The van der Waals surface area contributed by atoms with Crippen molar-refractivity contribution >= 4 is 12.4 Å². The van der Waals surface area contributed by atoms with Crippen molar-refractivity contribution in [2.75, 3.05) is 20.1 Å². The average Bonchev–Trinajstić information content (AvgIpc) is 2.54. The highest BCUT2D eigenvalue weighted by molar-refractivity contribution is 5.85. The van der Waals surface area contributed by atoms with Gasteiger partial charge in [0.1, 0.15) is 6.10 Å². The third-order valence-electron chi connectivity index (χ3n) is 2.93. The lowest BCUT2D eigenvalue weighted by atomic mass is 9.97. The van der Waals surface area contributed by atoms with Crippen LogP contribution in [0.2, 0.25) is 0 Å². The Labute approximate surface area is 133 Å². The van der Waals surface area contributed by atoms with Gasteiger partial charge in [0.15, 0.2) is 0 Å². The van der Waals surface area contributed by atoms with E-state index in [1.54, 1.807) is 0 Å². The molecule has 0 saturated heterocycles. The van der Waals surface area contributed by atoms with Crippen molar-refractivity contribution in [3.63, 3.8) is 0 Å². The molecule has 0 bridgehead atoms. The zero-order chi connectivity index (χ0) is 17.1. The lowest BCUT2D eigenvalue weighted by Gasteiger charge is -2.20. The zero-order valence-corrected chi connectivity index (χ0v) is 12.4. The van der Waals surface area contributed by atoms with Crippen LogP contribution in [-0.4, -0.2) is 20.1 Å². The van der Waals surface area contributed by atoms with Crippen LogP contribution in [0.3, 0.4) is 0 Å². The standard InChI is InChI=1S/C17H21NO.ClH/c1-14-8-6-7-11-16(14)17(19-13-12-18-2)15-9-4-3-5-10-15;/h3-11,17-18H,12-13H2,1-2H3;1H/i12D2,13D2;. The van der Waals surface area contributed by atoms with Gasteiger partial charge in [0, 0.05) is 9.24 Å². The molecule has 0 aromatic heterocycles. The van der Waals surface area contributed by atoms with Crippen molar-refractivity contribution in [3.8, 4) is 0 Å². The fraction of sp³-hybridized carbons (Fsp3) is 0.294. The van der Waals surface area contributed by atoms with Gasteiger partial charge in [-0.15, -0.1) is 12.4 Å². The summed E-state index contributed by atoms with van der Waals surface area (Å²) in [6.07, 6.45) is -0.698. The maximum Gasteiger partial charge on any atom is 0.108 e. The van der Waals surface area contributed by atoms with Gasteiger partial charge in [-0.25, -0.2) is 0 Å². The SMILES string of the molecule is Cl.[2H]C([2H])(NC)C([2H])([2H])OC(c1ccccc1)c1ccccc1C. The minimum absolute atomic E-state index is 0. The van der Waals surface area contributed by atoms with E-state index in [9.17, 15) is 0 Å². The van der Waals surface area contributed by atoms with E-state index in [0.29, 0.717) is 0 Å². The van der Waals surface area contributed by atoms with Gasteiger partial charge in [0.05, 0.1) is 9.30 Å². The number of rotatable bonds is 6. The van der Waals surface area contributed by atoms with Gasteiger partial charge in [-0.05, 0) is 30.7 Å². The van der Waals surface area contributed by atoms with E-state index in [0.717, 1.165) is 16.7 Å². The van der Waals surface area contributed by atoms with E-state index in [-0.39, 0.29) is 12.4 Å². The zero-order valence-electron chi connectivity index (χ0n) is 15.6. The molecule has 2 aromatic rings. The molecule has 1 unspecified atom stereocenters. The molecule has 108 valence electrons. The largest absolute Gasteiger partial charge is 0.367 e. The summed E-state index contributed by atoms with van der Waals surface area (Å²) in [6.45, 7) is -2.90. The highest BCUT2D eigenvalue weighted by Gasteiger charge is 2.15. The molecule has 0 heterocycles. The lowest BCUT2D eigenvalue weighted by molar-refractivity contribution is 0.0827. The smallest absolute Gasteiger partial charge is 0.108 e. The molecule has 20 heavy (non-hydrogen) atoms. The molecular formula is C17H22ClNO. The predicted molar refractivity (Wildman–Crippen MR) is 86.6 cm³/mol. The van der Waals surface area contributed by atoms with Gasteiger partial charge in [0.25, 0.3) is 0 Å². The number of likely N-dealkylation sites (N-methyl/N-ethyl adjacent to an activating group) is 1. The first-order valence-electron chi connectivity index (χ1n) is 8.26. The summed E-state index contributed by atoms with van der Waals surface area (Å²) < 4.78 is 37.3. The molecule has 0 fully saturated rings. The minimum atomic E-state index is -2.51. The minimum Gasteiger partial charge on any atom is -0.367 e. The Morgan fingerprint density at radius 2 is 1.75 bits per heavy atom. The van der Waals surface area contributed by atoms with E-state index in [2.05, 4.69) is 5.32 Å². The molecule has 0 aliphatic carbocycles. The summed E-state index contributed by atoms with van der Waals surface area (Å²) in [7, 11) is 1.37. The topological polar surface area (TPSA) is 21.3 Å². The first-order valence-corrected chi connectivity index (χ1v) is 6.26. The highest BCUT2D eigenvalue weighted by Crippen LogP contribution is 2.28. The van der Waals surface area contributed by atoms with E-state index in [1.807, 2.05) is 61.5 Å². The van der Waals surface area contributed by atoms with Crippen molar-refractivity contribution in [1.29, 1.82) is 0 Å². The Bertz CT molecular complexity index is 652. The Balaban J connectivity index is 0.00000288. The summed E-state index contributed by atoms with van der Waals surface area (Å²) in [5.74, 6) is 0. The second kappa shape index (κ2) is 8.75. The fourth-order valence-corrected chi connectivity index (χ4v) is 1.96. The number of hydrogen-bond acceptors (Lipinski definition) is 2. The van der Waals surface area contributed by atoms with Crippen LogP contribution >= 0.6 is 12.4 Å². The van der Waals surface area contributed by atoms with Gasteiger partial charge in [-0.2, -0.15) is 0 Å². The molecule has 2 aromatic carbocycles. The Hall–Kier alpha value is -1.35.